The van der Waals surface area contributed by atoms with E-state index in [1.165, 1.54) is 0 Å². The van der Waals surface area contributed by atoms with E-state index in [1.54, 1.807) is 54.6 Å². The van der Waals surface area contributed by atoms with Crippen molar-refractivity contribution in [3.63, 3.8) is 0 Å². The molecule has 1 aliphatic heterocycles. The first-order chi connectivity index (χ1) is 12.1. The van der Waals surface area contributed by atoms with Crippen LogP contribution in [0.4, 0.5) is 0 Å². The molecule has 1 aliphatic rings. The van der Waals surface area contributed by atoms with Gasteiger partial charge in [-0.25, -0.2) is 0 Å². The predicted molar refractivity (Wildman–Crippen MR) is 97.6 cm³/mol. The lowest BCUT2D eigenvalue weighted by Crippen LogP contribution is -2.40. The zero-order valence-corrected chi connectivity index (χ0v) is 14.8. The number of rotatable bonds is 4. The number of ether oxygens (including phenoxy) is 1. The highest BCUT2D eigenvalue weighted by molar-refractivity contribution is 7.71. The average molecular weight is 356 g/mol. The van der Waals surface area contributed by atoms with Crippen LogP contribution < -0.4 is 4.74 Å². The van der Waals surface area contributed by atoms with Crippen LogP contribution in [0.5, 0.6) is 5.75 Å². The Morgan fingerprint density at radius 1 is 1.16 bits per heavy atom. The number of pyridine rings is 1. The summed E-state index contributed by atoms with van der Waals surface area (Å²) in [4.78, 5) is 29.9. The number of aromatic nitrogens is 1. The van der Waals surface area contributed by atoms with Gasteiger partial charge in [-0.2, -0.15) is 0 Å². The lowest BCUT2D eigenvalue weighted by atomic mass is 9.88. The average Bonchev–Trinajstić information content (AvgIpc) is 2.67. The number of nitrogens with one attached hydrogen (secondary N) is 1. The number of H-pyrrole nitrogens is 1. The molecular formula is C19H20N2O3S. The summed E-state index contributed by atoms with van der Waals surface area (Å²) in [6.07, 6.45) is 3.04. The van der Waals surface area contributed by atoms with Gasteiger partial charge in [-0.05, 0) is 49.2 Å². The maximum absolute atomic E-state index is 12.6. The molecule has 0 bridgehead atoms. The van der Waals surface area contributed by atoms with Gasteiger partial charge in [0.15, 0.2) is 5.78 Å². The van der Waals surface area contributed by atoms with E-state index >= 15 is 0 Å². The maximum Gasteiger partial charge on any atom is 0.256 e. The second-order valence-electron chi connectivity index (χ2n) is 6.07. The number of Topliss-reactive ketones (excluding diaryl/α,β-unsaturated/α-hetero) is 1. The summed E-state index contributed by atoms with van der Waals surface area (Å²) in [5.41, 5.74) is 1.20. The SMILES string of the molecule is COc1ccc(C(=O)C2CCN(C(=O)c3ccc[nH]c3=S)CC2)cc1. The number of benzene rings is 1. The number of nitrogens with zero attached hydrogens (tertiary/aromatic N) is 1. The number of hydrogen-bond donors (Lipinski definition) is 1. The molecule has 1 aromatic heterocycles. The van der Waals surface area contributed by atoms with Crippen molar-refractivity contribution < 1.29 is 14.3 Å². The molecule has 5 nitrogen and oxygen atoms in total. The monoisotopic (exact) mass is 356 g/mol. The minimum atomic E-state index is -0.0720. The Labute approximate surface area is 151 Å². The molecule has 25 heavy (non-hydrogen) atoms. The first kappa shape index (κ1) is 17.4. The van der Waals surface area contributed by atoms with Crippen molar-refractivity contribution in [3.8, 4) is 5.75 Å². The van der Waals surface area contributed by atoms with Gasteiger partial charge in [0.05, 0.1) is 12.7 Å². The maximum atomic E-state index is 12.6. The molecule has 130 valence electrons. The van der Waals surface area contributed by atoms with Gasteiger partial charge in [-0.15, -0.1) is 0 Å². The molecule has 2 heterocycles. The molecule has 1 fully saturated rings. The smallest absolute Gasteiger partial charge is 0.256 e. The second kappa shape index (κ2) is 7.61. The summed E-state index contributed by atoms with van der Waals surface area (Å²) < 4.78 is 5.57. The lowest BCUT2D eigenvalue weighted by Gasteiger charge is -2.31. The molecule has 0 aliphatic carbocycles. The molecule has 3 rings (SSSR count). The van der Waals surface area contributed by atoms with Gasteiger partial charge in [0.25, 0.3) is 5.91 Å². The van der Waals surface area contributed by atoms with E-state index in [1.807, 2.05) is 0 Å². The van der Waals surface area contributed by atoms with E-state index in [0.717, 1.165) is 5.75 Å². The topological polar surface area (TPSA) is 62.4 Å². The Hall–Kier alpha value is -2.47. The second-order valence-corrected chi connectivity index (χ2v) is 6.48. The van der Waals surface area contributed by atoms with Crippen molar-refractivity contribution in [1.29, 1.82) is 0 Å². The Balaban J connectivity index is 1.63. The van der Waals surface area contributed by atoms with Gasteiger partial charge in [0.2, 0.25) is 0 Å². The van der Waals surface area contributed by atoms with Crippen LogP contribution in [-0.2, 0) is 0 Å². The van der Waals surface area contributed by atoms with Crippen molar-refractivity contribution in [1.82, 2.24) is 9.88 Å². The first-order valence-electron chi connectivity index (χ1n) is 8.25. The number of methoxy groups -OCH3 is 1. The van der Waals surface area contributed by atoms with Gasteiger partial charge < -0.3 is 14.6 Å². The number of amides is 1. The quantitative estimate of drug-likeness (QED) is 0.673. The third kappa shape index (κ3) is 3.79. The Kier molecular flexibility index (Phi) is 5.28. The Morgan fingerprint density at radius 3 is 2.44 bits per heavy atom. The number of piperidine rings is 1. The fraction of sp³-hybridized carbons (Fsp3) is 0.316. The lowest BCUT2D eigenvalue weighted by molar-refractivity contribution is 0.0649. The van der Waals surface area contributed by atoms with Gasteiger partial charge in [0, 0.05) is 30.8 Å². The molecule has 0 spiro atoms. The minimum Gasteiger partial charge on any atom is -0.497 e. The molecule has 1 aromatic carbocycles. The molecule has 1 N–H and O–H groups in total. The molecule has 0 unspecified atom stereocenters. The summed E-state index contributed by atoms with van der Waals surface area (Å²) in [6, 6.07) is 10.7. The van der Waals surface area contributed by atoms with Gasteiger partial charge in [-0.3, -0.25) is 9.59 Å². The van der Waals surface area contributed by atoms with Crippen molar-refractivity contribution in [3.05, 3.63) is 58.4 Å². The predicted octanol–water partition coefficient (Wildman–Crippen LogP) is 3.49. The minimum absolute atomic E-state index is 0.0530. The third-order valence-corrected chi connectivity index (χ3v) is 4.91. The zero-order chi connectivity index (χ0) is 17.8. The molecule has 0 saturated carbocycles. The zero-order valence-electron chi connectivity index (χ0n) is 14.0. The third-order valence-electron chi connectivity index (χ3n) is 4.58. The van der Waals surface area contributed by atoms with E-state index in [2.05, 4.69) is 4.98 Å². The standard InChI is InChI=1S/C19H20N2O3S/c1-24-15-6-4-13(5-7-15)17(22)14-8-11-21(12-9-14)19(23)16-3-2-10-20-18(16)25/h2-7,10,14H,8-9,11-12H2,1H3,(H,20,25). The normalized spacial score (nSPS) is 15.0. The Bertz CT molecular complexity index is 821. The molecule has 1 saturated heterocycles. The van der Waals surface area contributed by atoms with Gasteiger partial charge in [-0.1, -0.05) is 12.2 Å². The van der Waals surface area contributed by atoms with Crippen molar-refractivity contribution >= 4 is 23.9 Å². The number of carbonyl (C=O) groups excluding carboxylic acids is 2. The number of ketones is 1. The number of aromatic amines is 1. The van der Waals surface area contributed by atoms with Crippen LogP contribution in [0, 0.1) is 10.6 Å². The van der Waals surface area contributed by atoms with E-state index in [0.29, 0.717) is 41.7 Å². The first-order valence-corrected chi connectivity index (χ1v) is 8.66. The Morgan fingerprint density at radius 2 is 1.84 bits per heavy atom. The van der Waals surface area contributed by atoms with Crippen molar-refractivity contribution in [2.75, 3.05) is 20.2 Å². The van der Waals surface area contributed by atoms with E-state index in [-0.39, 0.29) is 17.6 Å². The summed E-state index contributed by atoms with van der Waals surface area (Å²) in [5.74, 6) is 0.739. The van der Waals surface area contributed by atoms with E-state index in [9.17, 15) is 9.59 Å². The van der Waals surface area contributed by atoms with Crippen LogP contribution in [0.1, 0.15) is 33.6 Å². The summed E-state index contributed by atoms with van der Waals surface area (Å²) >= 11 is 5.18. The van der Waals surface area contributed by atoms with Crippen LogP contribution in [0.15, 0.2) is 42.6 Å². The highest BCUT2D eigenvalue weighted by atomic mass is 32.1. The van der Waals surface area contributed by atoms with Gasteiger partial charge >= 0.3 is 0 Å². The number of likely N-dealkylation sites (tertiary alicyclic amines) is 1. The van der Waals surface area contributed by atoms with E-state index in [4.69, 9.17) is 17.0 Å². The van der Waals surface area contributed by atoms with E-state index < -0.39 is 0 Å². The highest BCUT2D eigenvalue weighted by Crippen LogP contribution is 2.24. The highest BCUT2D eigenvalue weighted by Gasteiger charge is 2.28. The van der Waals surface area contributed by atoms with Crippen LogP contribution in [0.3, 0.4) is 0 Å². The number of carbonyl (C=O) groups is 2. The fourth-order valence-corrected chi connectivity index (χ4v) is 3.32. The summed E-state index contributed by atoms with van der Waals surface area (Å²) in [6.45, 7) is 1.13. The van der Waals surface area contributed by atoms with Crippen LogP contribution in [-0.4, -0.2) is 41.8 Å². The van der Waals surface area contributed by atoms with Gasteiger partial charge in [0.1, 0.15) is 10.4 Å². The summed E-state index contributed by atoms with van der Waals surface area (Å²) in [5, 5.41) is 0. The molecule has 1 amide bonds. The molecule has 0 radical (unpaired) electrons. The molecule has 2 aromatic rings. The van der Waals surface area contributed by atoms with Crippen molar-refractivity contribution in [2.24, 2.45) is 5.92 Å². The largest absolute Gasteiger partial charge is 0.497 e. The number of hydrogen-bond acceptors (Lipinski definition) is 4. The molecule has 6 heteroatoms. The van der Waals surface area contributed by atoms with Crippen LogP contribution >= 0.6 is 12.2 Å². The molecule has 0 atom stereocenters. The van der Waals surface area contributed by atoms with Crippen molar-refractivity contribution in [2.45, 2.75) is 12.8 Å². The van der Waals surface area contributed by atoms with Crippen LogP contribution in [0.25, 0.3) is 0 Å². The fourth-order valence-electron chi connectivity index (χ4n) is 3.10. The summed E-state index contributed by atoms with van der Waals surface area (Å²) in [7, 11) is 1.60. The van der Waals surface area contributed by atoms with Crippen LogP contribution in [0.2, 0.25) is 0 Å². The molecular weight excluding hydrogens is 336 g/mol.